The third kappa shape index (κ3) is 4.70. The van der Waals surface area contributed by atoms with Gasteiger partial charge in [0.05, 0.1) is 0 Å². The van der Waals surface area contributed by atoms with Gasteiger partial charge < -0.3 is 4.43 Å². The highest BCUT2D eigenvalue weighted by atomic mass is 28.4. The highest BCUT2D eigenvalue weighted by molar-refractivity contribution is 6.70. The molecule has 21 heavy (non-hydrogen) atoms. The van der Waals surface area contributed by atoms with Crippen molar-refractivity contribution in [3.63, 3.8) is 0 Å². The summed E-state index contributed by atoms with van der Waals surface area (Å²) in [7, 11) is -1.75. The van der Waals surface area contributed by atoms with E-state index in [0.29, 0.717) is 6.42 Å². The number of rotatable bonds is 5. The van der Waals surface area contributed by atoms with Gasteiger partial charge in [0.2, 0.25) is 8.32 Å². The Labute approximate surface area is 131 Å². The van der Waals surface area contributed by atoms with Crippen LogP contribution in [0.25, 0.3) is 0 Å². The third-order valence-electron chi connectivity index (χ3n) is 3.90. The SMILES string of the molecule is C=CC(C)/C=C(\O[Si](C)(C)C)C1=C(C)C(=O)CCC1(C)C. The van der Waals surface area contributed by atoms with E-state index in [1.54, 1.807) is 0 Å². The number of hydrogen-bond acceptors (Lipinski definition) is 2. The summed E-state index contributed by atoms with van der Waals surface area (Å²) in [4.78, 5) is 12.2. The van der Waals surface area contributed by atoms with Crippen LogP contribution < -0.4 is 0 Å². The lowest BCUT2D eigenvalue weighted by molar-refractivity contribution is -0.116. The van der Waals surface area contributed by atoms with Crippen molar-refractivity contribution in [2.75, 3.05) is 0 Å². The first-order valence-electron chi connectivity index (χ1n) is 7.76. The number of carbonyl (C=O) groups is 1. The molecule has 0 spiro atoms. The van der Waals surface area contributed by atoms with Gasteiger partial charge in [0, 0.05) is 12.0 Å². The van der Waals surface area contributed by atoms with E-state index in [1.165, 1.54) is 0 Å². The van der Waals surface area contributed by atoms with Crippen LogP contribution in [-0.4, -0.2) is 14.1 Å². The Morgan fingerprint density at radius 1 is 1.38 bits per heavy atom. The van der Waals surface area contributed by atoms with Gasteiger partial charge in [-0.1, -0.05) is 26.8 Å². The van der Waals surface area contributed by atoms with Crippen molar-refractivity contribution in [2.24, 2.45) is 11.3 Å². The second-order valence-corrected chi connectivity index (χ2v) is 12.1. The summed E-state index contributed by atoms with van der Waals surface area (Å²) in [6, 6.07) is 0. The number of Topliss-reactive ketones (excluding diaryl/α,β-unsaturated/α-hetero) is 1. The average molecular weight is 307 g/mol. The highest BCUT2D eigenvalue weighted by Gasteiger charge is 2.36. The van der Waals surface area contributed by atoms with Crippen LogP contribution in [0.5, 0.6) is 0 Å². The molecule has 0 aliphatic heterocycles. The molecule has 0 aromatic carbocycles. The predicted molar refractivity (Wildman–Crippen MR) is 92.6 cm³/mol. The molecular formula is C18H30O2Si. The van der Waals surface area contributed by atoms with Gasteiger partial charge in [0.25, 0.3) is 0 Å². The Bertz CT molecular complexity index is 490. The van der Waals surface area contributed by atoms with Crippen molar-refractivity contribution in [2.45, 2.75) is 60.2 Å². The standard InChI is InChI=1S/C18H30O2Si/c1-9-13(2)12-16(20-21(6,7)8)17-14(3)15(19)10-11-18(17,4)5/h9,12-13H,1,10-11H2,2-8H3/b16-12-. The molecule has 1 aliphatic carbocycles. The zero-order valence-corrected chi connectivity index (χ0v) is 15.7. The second-order valence-electron chi connectivity index (χ2n) is 7.65. The van der Waals surface area contributed by atoms with Crippen LogP contribution >= 0.6 is 0 Å². The number of carbonyl (C=O) groups excluding carboxylic acids is 1. The first-order valence-corrected chi connectivity index (χ1v) is 11.2. The monoisotopic (exact) mass is 306 g/mol. The van der Waals surface area contributed by atoms with Gasteiger partial charge in [-0.3, -0.25) is 4.79 Å². The molecule has 1 unspecified atom stereocenters. The average Bonchev–Trinajstić information content (AvgIpc) is 2.32. The summed E-state index contributed by atoms with van der Waals surface area (Å²) in [5.74, 6) is 1.38. The minimum absolute atomic E-state index is 0.0234. The molecule has 0 aromatic heterocycles. The molecule has 0 heterocycles. The first-order chi connectivity index (χ1) is 9.48. The molecule has 3 heteroatoms. The van der Waals surface area contributed by atoms with E-state index in [9.17, 15) is 4.79 Å². The molecule has 0 saturated carbocycles. The first kappa shape index (κ1) is 18.0. The van der Waals surface area contributed by atoms with Crippen LogP contribution in [0.3, 0.4) is 0 Å². The molecule has 118 valence electrons. The molecule has 0 radical (unpaired) electrons. The van der Waals surface area contributed by atoms with Crippen LogP contribution in [0.15, 0.2) is 35.6 Å². The van der Waals surface area contributed by atoms with E-state index in [2.05, 4.69) is 53.1 Å². The second kappa shape index (κ2) is 6.35. The maximum Gasteiger partial charge on any atom is 0.242 e. The fourth-order valence-electron chi connectivity index (χ4n) is 2.71. The summed E-state index contributed by atoms with van der Waals surface area (Å²) in [6.45, 7) is 18.8. The van der Waals surface area contributed by atoms with Crippen LogP contribution in [0, 0.1) is 11.3 Å². The molecule has 0 fully saturated rings. The zero-order valence-electron chi connectivity index (χ0n) is 14.7. The Kier molecular flexibility index (Phi) is 5.43. The molecule has 1 atom stereocenters. The molecule has 0 saturated heterocycles. The van der Waals surface area contributed by atoms with Gasteiger partial charge in [-0.2, -0.15) is 0 Å². The highest BCUT2D eigenvalue weighted by Crippen LogP contribution is 2.43. The predicted octanol–water partition coefficient (Wildman–Crippen LogP) is 5.25. The van der Waals surface area contributed by atoms with E-state index < -0.39 is 8.32 Å². The van der Waals surface area contributed by atoms with Crippen LogP contribution in [0.1, 0.15) is 40.5 Å². The molecule has 0 N–H and O–H groups in total. The van der Waals surface area contributed by atoms with Crippen LogP contribution in [0.2, 0.25) is 19.6 Å². The summed E-state index contributed by atoms with van der Waals surface area (Å²) >= 11 is 0. The summed E-state index contributed by atoms with van der Waals surface area (Å²) in [5.41, 5.74) is 1.94. The molecule has 0 aromatic rings. The third-order valence-corrected chi connectivity index (χ3v) is 4.73. The lowest BCUT2D eigenvalue weighted by Crippen LogP contribution is -2.32. The number of hydrogen-bond donors (Lipinski definition) is 0. The van der Waals surface area contributed by atoms with E-state index in [1.807, 2.05) is 13.0 Å². The topological polar surface area (TPSA) is 26.3 Å². The zero-order chi connectivity index (χ0) is 16.4. The Morgan fingerprint density at radius 2 is 1.95 bits per heavy atom. The lowest BCUT2D eigenvalue weighted by Gasteiger charge is -2.37. The quantitative estimate of drug-likeness (QED) is 0.394. The molecule has 0 amide bonds. The van der Waals surface area contributed by atoms with Crippen molar-refractivity contribution in [3.05, 3.63) is 35.6 Å². The molecule has 1 rings (SSSR count). The van der Waals surface area contributed by atoms with Gasteiger partial charge >= 0.3 is 0 Å². The number of allylic oxidation sites excluding steroid dienone is 4. The fraction of sp³-hybridized carbons (Fsp3) is 0.611. The van der Waals surface area contributed by atoms with Gasteiger partial charge in [-0.05, 0) is 56.0 Å². The normalized spacial score (nSPS) is 21.3. The number of ketones is 1. The Balaban J connectivity index is 3.42. The van der Waals surface area contributed by atoms with Gasteiger partial charge in [-0.15, -0.1) is 6.58 Å². The smallest absolute Gasteiger partial charge is 0.242 e. The fourth-order valence-corrected chi connectivity index (χ4v) is 3.54. The van der Waals surface area contributed by atoms with E-state index in [-0.39, 0.29) is 17.1 Å². The van der Waals surface area contributed by atoms with Crippen molar-refractivity contribution in [1.82, 2.24) is 0 Å². The maximum absolute atomic E-state index is 12.2. The summed E-state index contributed by atoms with van der Waals surface area (Å²) in [6.07, 6.45) is 5.54. The van der Waals surface area contributed by atoms with Gasteiger partial charge in [0.1, 0.15) is 5.76 Å². The van der Waals surface area contributed by atoms with Crippen LogP contribution in [-0.2, 0) is 9.22 Å². The van der Waals surface area contributed by atoms with E-state index >= 15 is 0 Å². The van der Waals surface area contributed by atoms with Crippen molar-refractivity contribution in [1.29, 1.82) is 0 Å². The Hall–Kier alpha value is -1.09. The van der Waals surface area contributed by atoms with E-state index in [0.717, 1.165) is 23.3 Å². The van der Waals surface area contributed by atoms with Crippen LogP contribution in [0.4, 0.5) is 0 Å². The van der Waals surface area contributed by atoms with Crippen molar-refractivity contribution < 1.29 is 9.22 Å². The van der Waals surface area contributed by atoms with Crippen molar-refractivity contribution in [3.8, 4) is 0 Å². The maximum atomic E-state index is 12.2. The minimum Gasteiger partial charge on any atom is -0.544 e. The lowest BCUT2D eigenvalue weighted by atomic mass is 9.71. The van der Waals surface area contributed by atoms with Gasteiger partial charge in [-0.25, -0.2) is 0 Å². The molecule has 0 bridgehead atoms. The Morgan fingerprint density at radius 3 is 2.43 bits per heavy atom. The largest absolute Gasteiger partial charge is 0.544 e. The van der Waals surface area contributed by atoms with E-state index in [4.69, 9.17) is 4.43 Å². The molecular weight excluding hydrogens is 276 g/mol. The molecule has 2 nitrogen and oxygen atoms in total. The summed E-state index contributed by atoms with van der Waals surface area (Å²) in [5, 5.41) is 0. The minimum atomic E-state index is -1.75. The molecule has 1 aliphatic rings. The van der Waals surface area contributed by atoms with Gasteiger partial charge in [0.15, 0.2) is 5.78 Å². The summed E-state index contributed by atoms with van der Waals surface area (Å²) < 4.78 is 6.35. The van der Waals surface area contributed by atoms with Crippen molar-refractivity contribution >= 4 is 14.1 Å².